The highest BCUT2D eigenvalue weighted by molar-refractivity contribution is 8.09. The number of sulfone groups is 2. The zero-order valence-corrected chi connectivity index (χ0v) is 13.4. The molecule has 0 N–H and O–H groups in total. The van der Waals surface area contributed by atoms with Crippen molar-refractivity contribution in [3.8, 4) is 0 Å². The lowest BCUT2D eigenvalue weighted by Gasteiger charge is -2.17. The molecule has 0 spiro atoms. The number of allylic oxidation sites excluding steroid dienone is 1. The van der Waals surface area contributed by atoms with Gasteiger partial charge in [0.05, 0.1) is 9.79 Å². The Bertz CT molecular complexity index is 770. The molecule has 0 saturated carbocycles. The van der Waals surface area contributed by atoms with Gasteiger partial charge in [0.2, 0.25) is 0 Å². The average Bonchev–Trinajstić information content (AvgIpc) is 2.54. The highest BCUT2D eigenvalue weighted by Gasteiger charge is 2.38. The Morgan fingerprint density at radius 1 is 0.773 bits per heavy atom. The van der Waals surface area contributed by atoms with Gasteiger partial charge >= 0.3 is 0 Å². The summed E-state index contributed by atoms with van der Waals surface area (Å²) in [7, 11) is -8.06. The summed E-state index contributed by atoms with van der Waals surface area (Å²) >= 11 is 0. The van der Waals surface area contributed by atoms with Crippen molar-refractivity contribution in [2.24, 2.45) is 0 Å². The van der Waals surface area contributed by atoms with Crippen LogP contribution in [0.5, 0.6) is 0 Å². The zero-order valence-electron chi connectivity index (χ0n) is 11.8. The van der Waals surface area contributed by atoms with Gasteiger partial charge in [-0.2, -0.15) is 0 Å². The van der Waals surface area contributed by atoms with E-state index < -0.39 is 24.3 Å². The van der Waals surface area contributed by atoms with Crippen LogP contribution >= 0.6 is 0 Å². The Hall–Kier alpha value is -1.92. The van der Waals surface area contributed by atoms with Crippen LogP contribution in [0.4, 0.5) is 0 Å². The van der Waals surface area contributed by atoms with E-state index >= 15 is 0 Å². The Morgan fingerprint density at radius 3 is 1.45 bits per heavy atom. The molecular formula is C16H16O4S2. The molecule has 6 heteroatoms. The van der Waals surface area contributed by atoms with Gasteiger partial charge in [0, 0.05) is 0 Å². The van der Waals surface area contributed by atoms with Gasteiger partial charge in [-0.1, -0.05) is 42.5 Å². The molecule has 0 unspecified atom stereocenters. The second-order valence-electron chi connectivity index (χ2n) is 4.67. The molecule has 2 rings (SSSR count). The van der Waals surface area contributed by atoms with Gasteiger partial charge in [-0.15, -0.1) is 6.58 Å². The maximum absolute atomic E-state index is 12.7. The van der Waals surface area contributed by atoms with Crippen molar-refractivity contribution in [2.45, 2.75) is 20.8 Å². The smallest absolute Gasteiger partial charge is 0.196 e. The Kier molecular flexibility index (Phi) is 4.83. The van der Waals surface area contributed by atoms with Crippen LogP contribution in [0.1, 0.15) is 6.42 Å². The first-order chi connectivity index (χ1) is 10.4. The second kappa shape index (κ2) is 6.46. The quantitative estimate of drug-likeness (QED) is 0.761. The molecule has 0 aliphatic rings. The SMILES string of the molecule is C=CCC(S(=O)(=O)c1ccccc1)S(=O)(=O)c1ccccc1. The van der Waals surface area contributed by atoms with Crippen molar-refractivity contribution in [1.82, 2.24) is 0 Å². The summed E-state index contributed by atoms with van der Waals surface area (Å²) in [5.41, 5.74) is 0. The van der Waals surface area contributed by atoms with Crippen LogP contribution in [0, 0.1) is 0 Å². The van der Waals surface area contributed by atoms with Crippen molar-refractivity contribution >= 4 is 19.7 Å². The van der Waals surface area contributed by atoms with Crippen LogP contribution in [0.3, 0.4) is 0 Å². The normalized spacial score (nSPS) is 12.2. The first-order valence-electron chi connectivity index (χ1n) is 6.59. The molecule has 0 aromatic heterocycles. The minimum absolute atomic E-state index is 0.0126. The lowest BCUT2D eigenvalue weighted by molar-refractivity contribution is 0.574. The van der Waals surface area contributed by atoms with Crippen molar-refractivity contribution in [2.75, 3.05) is 0 Å². The highest BCUT2D eigenvalue weighted by atomic mass is 32.3. The van der Waals surface area contributed by atoms with Crippen molar-refractivity contribution < 1.29 is 16.8 Å². The molecule has 2 aromatic carbocycles. The van der Waals surface area contributed by atoms with Crippen molar-refractivity contribution in [3.63, 3.8) is 0 Å². The van der Waals surface area contributed by atoms with E-state index in [4.69, 9.17) is 0 Å². The molecule has 2 aromatic rings. The topological polar surface area (TPSA) is 68.3 Å². The number of benzene rings is 2. The van der Waals surface area contributed by atoms with E-state index in [-0.39, 0.29) is 16.2 Å². The van der Waals surface area contributed by atoms with Crippen LogP contribution in [0.15, 0.2) is 83.1 Å². The maximum Gasteiger partial charge on any atom is 0.196 e. The van der Waals surface area contributed by atoms with E-state index in [1.165, 1.54) is 30.3 Å². The van der Waals surface area contributed by atoms with Crippen molar-refractivity contribution in [1.29, 1.82) is 0 Å². The predicted molar refractivity (Wildman–Crippen MR) is 85.9 cm³/mol. The molecule has 0 atom stereocenters. The Labute approximate surface area is 131 Å². The largest absolute Gasteiger partial charge is 0.222 e. The van der Waals surface area contributed by atoms with Crippen LogP contribution < -0.4 is 0 Å². The Morgan fingerprint density at radius 2 is 1.14 bits per heavy atom. The van der Waals surface area contributed by atoms with Gasteiger partial charge in [0.25, 0.3) is 0 Å². The standard InChI is InChI=1S/C16H16O4S2/c1-2-9-16(21(17,18)14-10-5-3-6-11-14)22(19,20)15-12-7-4-8-13-15/h2-8,10-13,16H,1,9H2. The van der Waals surface area contributed by atoms with Gasteiger partial charge in [-0.25, -0.2) is 16.8 Å². The predicted octanol–water partition coefficient (Wildman–Crippen LogP) is 2.84. The molecule has 0 aliphatic carbocycles. The number of hydrogen-bond acceptors (Lipinski definition) is 4. The molecule has 0 bridgehead atoms. The summed E-state index contributed by atoms with van der Waals surface area (Å²) in [6.45, 7) is 3.49. The summed E-state index contributed by atoms with van der Waals surface area (Å²) in [5, 5.41) is 0. The van der Waals surface area contributed by atoms with Gasteiger partial charge in [-0.3, -0.25) is 0 Å². The van der Waals surface area contributed by atoms with Crippen LogP contribution in [0.2, 0.25) is 0 Å². The summed E-state index contributed by atoms with van der Waals surface area (Å²) in [5.74, 6) is 0. The molecule has 0 fully saturated rings. The fourth-order valence-corrected chi connectivity index (χ4v) is 6.54. The third kappa shape index (κ3) is 3.13. The van der Waals surface area contributed by atoms with E-state index in [1.54, 1.807) is 36.4 Å². The van der Waals surface area contributed by atoms with Gasteiger partial charge in [-0.05, 0) is 30.7 Å². The molecule has 0 aliphatic heterocycles. The van der Waals surface area contributed by atoms with E-state index in [0.29, 0.717) is 0 Å². The third-order valence-electron chi connectivity index (χ3n) is 3.19. The van der Waals surface area contributed by atoms with E-state index in [0.717, 1.165) is 0 Å². The lowest BCUT2D eigenvalue weighted by atomic mass is 10.4. The van der Waals surface area contributed by atoms with E-state index in [1.807, 2.05) is 0 Å². The maximum atomic E-state index is 12.7. The van der Waals surface area contributed by atoms with Crippen LogP contribution in [-0.2, 0) is 19.7 Å². The monoisotopic (exact) mass is 336 g/mol. The average molecular weight is 336 g/mol. The highest BCUT2D eigenvalue weighted by Crippen LogP contribution is 2.27. The third-order valence-corrected chi connectivity index (χ3v) is 8.34. The lowest BCUT2D eigenvalue weighted by Crippen LogP contribution is -2.30. The fourth-order valence-electron chi connectivity index (χ4n) is 2.08. The van der Waals surface area contributed by atoms with Gasteiger partial charge in [0.1, 0.15) is 0 Å². The van der Waals surface area contributed by atoms with Gasteiger partial charge < -0.3 is 0 Å². The summed E-state index contributed by atoms with van der Waals surface area (Å²) < 4.78 is 49.3. The second-order valence-corrected chi connectivity index (χ2v) is 9.23. The fraction of sp³-hybridized carbons (Fsp3) is 0.125. The molecule has 0 amide bonds. The van der Waals surface area contributed by atoms with Crippen LogP contribution in [-0.4, -0.2) is 21.4 Å². The number of rotatable bonds is 6. The molecule has 0 radical (unpaired) electrons. The summed E-state index contributed by atoms with van der Waals surface area (Å²) in [4.78, 5) is -0.0253. The molecule has 22 heavy (non-hydrogen) atoms. The summed E-state index contributed by atoms with van der Waals surface area (Å²) in [6, 6.07) is 15.2. The molecule has 4 nitrogen and oxygen atoms in total. The number of hydrogen-bond donors (Lipinski definition) is 0. The first-order valence-corrected chi connectivity index (χ1v) is 9.69. The zero-order chi connectivity index (χ0) is 16.2. The van der Waals surface area contributed by atoms with Crippen LogP contribution in [0.25, 0.3) is 0 Å². The molecule has 116 valence electrons. The minimum Gasteiger partial charge on any atom is -0.222 e. The minimum atomic E-state index is -4.03. The molecular weight excluding hydrogens is 320 g/mol. The van der Waals surface area contributed by atoms with E-state index in [9.17, 15) is 16.8 Å². The molecule has 0 heterocycles. The summed E-state index contributed by atoms with van der Waals surface area (Å²) in [6.07, 6.45) is 1.14. The van der Waals surface area contributed by atoms with Crippen molar-refractivity contribution in [3.05, 3.63) is 73.3 Å². The molecule has 0 saturated heterocycles. The first kappa shape index (κ1) is 16.5. The Balaban J connectivity index is 2.59. The van der Waals surface area contributed by atoms with Gasteiger partial charge in [0.15, 0.2) is 24.3 Å². The van der Waals surface area contributed by atoms with E-state index in [2.05, 4.69) is 6.58 Å².